The molecule has 0 spiro atoms. The molecule has 0 aliphatic rings. The molecular weight excluding hydrogens is 263 g/mol. The number of hydrogen-bond donors (Lipinski definition) is 1. The minimum Gasteiger partial charge on any atom is -0.381 e. The molecule has 0 fully saturated rings. The van der Waals surface area contributed by atoms with Crippen molar-refractivity contribution in [3.63, 3.8) is 0 Å². The Hall–Kier alpha value is -1.48. The molecule has 0 saturated heterocycles. The van der Waals surface area contributed by atoms with E-state index in [-0.39, 0.29) is 5.02 Å². The van der Waals surface area contributed by atoms with Crippen LogP contribution in [0.3, 0.4) is 0 Å². The summed E-state index contributed by atoms with van der Waals surface area (Å²) in [6, 6.07) is 6.93. The van der Waals surface area contributed by atoms with Crippen LogP contribution in [-0.4, -0.2) is 4.57 Å². The fourth-order valence-electron chi connectivity index (χ4n) is 2.34. The molecule has 0 aliphatic carbocycles. The lowest BCUT2D eigenvalue weighted by atomic mass is 10.2. The molecule has 19 heavy (non-hydrogen) atoms. The van der Waals surface area contributed by atoms with Gasteiger partial charge in [0.2, 0.25) is 0 Å². The molecule has 2 nitrogen and oxygen atoms in total. The zero-order valence-electron chi connectivity index (χ0n) is 11.4. The van der Waals surface area contributed by atoms with Crippen molar-refractivity contribution in [1.29, 1.82) is 0 Å². The largest absolute Gasteiger partial charge is 0.381 e. The topological polar surface area (TPSA) is 17.0 Å². The van der Waals surface area contributed by atoms with Crippen LogP contribution in [0.2, 0.25) is 5.02 Å². The second-order valence-electron chi connectivity index (χ2n) is 4.62. The van der Waals surface area contributed by atoms with E-state index in [1.165, 1.54) is 23.0 Å². The lowest BCUT2D eigenvalue weighted by molar-refractivity contribution is 0.628. The van der Waals surface area contributed by atoms with Gasteiger partial charge in [-0.05, 0) is 50.6 Å². The SMILES string of the molecule is CCn1c(C)cc(CNc2ccc(Cl)c(F)c2)c1C. The Morgan fingerprint density at radius 3 is 2.58 bits per heavy atom. The Balaban J connectivity index is 2.12. The third kappa shape index (κ3) is 2.92. The summed E-state index contributed by atoms with van der Waals surface area (Å²) in [5.41, 5.74) is 4.47. The Morgan fingerprint density at radius 2 is 2.00 bits per heavy atom. The zero-order chi connectivity index (χ0) is 14.0. The van der Waals surface area contributed by atoms with Crippen molar-refractivity contribution in [2.24, 2.45) is 0 Å². The second-order valence-corrected chi connectivity index (χ2v) is 5.03. The summed E-state index contributed by atoms with van der Waals surface area (Å²) in [5, 5.41) is 3.37. The predicted octanol–water partition coefficient (Wildman–Crippen LogP) is 4.53. The Morgan fingerprint density at radius 1 is 1.26 bits per heavy atom. The van der Waals surface area contributed by atoms with Gasteiger partial charge in [0.15, 0.2) is 0 Å². The highest BCUT2D eigenvalue weighted by atomic mass is 35.5. The maximum absolute atomic E-state index is 13.3. The van der Waals surface area contributed by atoms with E-state index in [1.807, 2.05) is 0 Å². The van der Waals surface area contributed by atoms with Crippen LogP contribution < -0.4 is 5.32 Å². The predicted molar refractivity (Wildman–Crippen MR) is 78.3 cm³/mol. The van der Waals surface area contributed by atoms with Gasteiger partial charge in [0.05, 0.1) is 5.02 Å². The van der Waals surface area contributed by atoms with E-state index in [0.29, 0.717) is 6.54 Å². The second kappa shape index (κ2) is 5.66. The highest BCUT2D eigenvalue weighted by molar-refractivity contribution is 6.30. The normalized spacial score (nSPS) is 10.8. The van der Waals surface area contributed by atoms with E-state index in [2.05, 4.69) is 36.7 Å². The zero-order valence-corrected chi connectivity index (χ0v) is 12.2. The number of anilines is 1. The number of benzene rings is 1. The van der Waals surface area contributed by atoms with Gasteiger partial charge in [-0.15, -0.1) is 0 Å². The highest BCUT2D eigenvalue weighted by Crippen LogP contribution is 2.20. The molecular formula is C15H18ClFN2. The molecule has 2 aromatic rings. The Bertz CT molecular complexity index is 590. The average Bonchev–Trinajstić information content (AvgIpc) is 2.65. The van der Waals surface area contributed by atoms with Gasteiger partial charge in [0.1, 0.15) is 5.82 Å². The highest BCUT2D eigenvalue weighted by Gasteiger charge is 2.08. The molecule has 1 aromatic carbocycles. The van der Waals surface area contributed by atoms with E-state index in [4.69, 9.17) is 11.6 Å². The quantitative estimate of drug-likeness (QED) is 0.871. The number of rotatable bonds is 4. The smallest absolute Gasteiger partial charge is 0.143 e. The first kappa shape index (κ1) is 13.9. The molecule has 0 aliphatic heterocycles. The Kier molecular flexibility index (Phi) is 4.15. The van der Waals surface area contributed by atoms with Crippen LogP contribution in [0.5, 0.6) is 0 Å². The summed E-state index contributed by atoms with van der Waals surface area (Å²) < 4.78 is 15.6. The van der Waals surface area contributed by atoms with Crippen molar-refractivity contribution in [2.45, 2.75) is 33.9 Å². The van der Waals surface area contributed by atoms with Crippen LogP contribution in [0.25, 0.3) is 0 Å². The lowest BCUT2D eigenvalue weighted by Gasteiger charge is -2.08. The summed E-state index contributed by atoms with van der Waals surface area (Å²) in [5.74, 6) is -0.398. The van der Waals surface area contributed by atoms with Crippen molar-refractivity contribution in [3.05, 3.63) is 52.1 Å². The first-order chi connectivity index (χ1) is 9.02. The fourth-order valence-corrected chi connectivity index (χ4v) is 2.46. The van der Waals surface area contributed by atoms with Crippen LogP contribution in [0.4, 0.5) is 10.1 Å². The summed E-state index contributed by atoms with van der Waals surface area (Å²) in [4.78, 5) is 0. The van der Waals surface area contributed by atoms with Crippen molar-refractivity contribution in [1.82, 2.24) is 4.57 Å². The van der Waals surface area contributed by atoms with Crippen molar-refractivity contribution in [3.8, 4) is 0 Å². The monoisotopic (exact) mass is 280 g/mol. The lowest BCUT2D eigenvalue weighted by Crippen LogP contribution is -2.03. The van der Waals surface area contributed by atoms with Crippen LogP contribution in [0.1, 0.15) is 23.9 Å². The van der Waals surface area contributed by atoms with E-state index in [1.54, 1.807) is 12.1 Å². The van der Waals surface area contributed by atoms with E-state index in [9.17, 15) is 4.39 Å². The third-order valence-electron chi connectivity index (χ3n) is 3.40. The number of aryl methyl sites for hydroxylation is 1. The van der Waals surface area contributed by atoms with Gasteiger partial charge in [-0.3, -0.25) is 0 Å². The summed E-state index contributed by atoms with van der Waals surface area (Å²) in [7, 11) is 0. The maximum Gasteiger partial charge on any atom is 0.143 e. The van der Waals surface area contributed by atoms with Crippen molar-refractivity contribution >= 4 is 17.3 Å². The number of aromatic nitrogens is 1. The molecule has 0 saturated carbocycles. The average molecular weight is 281 g/mol. The van der Waals surface area contributed by atoms with E-state index in [0.717, 1.165) is 12.2 Å². The number of nitrogens with zero attached hydrogens (tertiary/aromatic N) is 1. The molecule has 4 heteroatoms. The van der Waals surface area contributed by atoms with Crippen LogP contribution in [0, 0.1) is 19.7 Å². The van der Waals surface area contributed by atoms with Crippen molar-refractivity contribution in [2.75, 3.05) is 5.32 Å². The molecule has 0 radical (unpaired) electrons. The van der Waals surface area contributed by atoms with Gasteiger partial charge in [0, 0.05) is 30.2 Å². The molecule has 0 atom stereocenters. The van der Waals surface area contributed by atoms with Gasteiger partial charge in [-0.1, -0.05) is 11.6 Å². The van der Waals surface area contributed by atoms with E-state index < -0.39 is 5.82 Å². The minimum absolute atomic E-state index is 0.148. The molecule has 0 amide bonds. The standard InChI is InChI=1S/C15H18ClFN2/c1-4-19-10(2)7-12(11(19)3)9-18-13-5-6-14(16)15(17)8-13/h5-8,18H,4,9H2,1-3H3. The summed E-state index contributed by atoms with van der Waals surface area (Å²) >= 11 is 5.66. The van der Waals surface area contributed by atoms with Gasteiger partial charge >= 0.3 is 0 Å². The van der Waals surface area contributed by atoms with Gasteiger partial charge < -0.3 is 9.88 Å². The van der Waals surface area contributed by atoms with Gasteiger partial charge in [-0.2, -0.15) is 0 Å². The summed E-state index contributed by atoms with van der Waals surface area (Å²) in [6.45, 7) is 7.98. The molecule has 0 bridgehead atoms. The summed E-state index contributed by atoms with van der Waals surface area (Å²) in [6.07, 6.45) is 0. The first-order valence-electron chi connectivity index (χ1n) is 6.37. The van der Waals surface area contributed by atoms with Crippen LogP contribution >= 0.6 is 11.6 Å². The molecule has 102 valence electrons. The van der Waals surface area contributed by atoms with Gasteiger partial charge in [0.25, 0.3) is 0 Å². The van der Waals surface area contributed by atoms with Crippen LogP contribution in [-0.2, 0) is 13.1 Å². The maximum atomic E-state index is 13.3. The number of hydrogen-bond acceptors (Lipinski definition) is 1. The molecule has 1 aromatic heterocycles. The first-order valence-corrected chi connectivity index (χ1v) is 6.75. The fraction of sp³-hybridized carbons (Fsp3) is 0.333. The molecule has 1 heterocycles. The number of nitrogens with one attached hydrogen (secondary N) is 1. The Labute approximate surface area is 118 Å². The third-order valence-corrected chi connectivity index (χ3v) is 3.70. The minimum atomic E-state index is -0.398. The van der Waals surface area contributed by atoms with E-state index >= 15 is 0 Å². The van der Waals surface area contributed by atoms with Gasteiger partial charge in [-0.25, -0.2) is 4.39 Å². The molecule has 2 rings (SSSR count). The van der Waals surface area contributed by atoms with Crippen molar-refractivity contribution < 1.29 is 4.39 Å². The van der Waals surface area contributed by atoms with Crippen LogP contribution in [0.15, 0.2) is 24.3 Å². The molecule has 0 unspecified atom stereocenters. The number of halogens is 2. The molecule has 1 N–H and O–H groups in total.